The maximum absolute atomic E-state index is 11.1. The van der Waals surface area contributed by atoms with E-state index in [-0.39, 0.29) is 5.78 Å². The van der Waals surface area contributed by atoms with Crippen LogP contribution in [-0.2, 0) is 0 Å². The van der Waals surface area contributed by atoms with Crippen LogP contribution in [0.25, 0.3) is 0 Å². The van der Waals surface area contributed by atoms with Gasteiger partial charge in [-0.15, -0.1) is 13.2 Å². The summed E-state index contributed by atoms with van der Waals surface area (Å²) >= 11 is 0. The molecule has 0 aliphatic heterocycles. The van der Waals surface area contributed by atoms with Crippen LogP contribution in [0.15, 0.2) is 25.3 Å². The van der Waals surface area contributed by atoms with Crippen molar-refractivity contribution in [2.45, 2.75) is 27.7 Å². The molecule has 1 aromatic carbocycles. The van der Waals surface area contributed by atoms with Gasteiger partial charge in [0.25, 0.3) is 0 Å². The van der Waals surface area contributed by atoms with Gasteiger partial charge in [-0.2, -0.15) is 0 Å². The van der Waals surface area contributed by atoms with Crippen LogP contribution in [0.4, 0.5) is 0 Å². The van der Waals surface area contributed by atoms with Gasteiger partial charge in [-0.25, -0.2) is 0 Å². The largest absolute Gasteiger partial charge is 0.295 e. The molecule has 0 amide bonds. The van der Waals surface area contributed by atoms with E-state index in [9.17, 15) is 4.79 Å². The highest BCUT2D eigenvalue weighted by molar-refractivity contribution is 5.95. The van der Waals surface area contributed by atoms with E-state index in [1.807, 2.05) is 19.9 Å². The van der Waals surface area contributed by atoms with Gasteiger partial charge in [0.15, 0.2) is 5.78 Å². The fourth-order valence-corrected chi connectivity index (χ4v) is 1.34. The predicted octanol–water partition coefficient (Wildman–Crippen LogP) is 3.62. The van der Waals surface area contributed by atoms with Crippen LogP contribution in [0.2, 0.25) is 0 Å². The predicted molar refractivity (Wildman–Crippen MR) is 61.9 cm³/mol. The van der Waals surface area contributed by atoms with Crippen molar-refractivity contribution in [3.8, 4) is 0 Å². The lowest BCUT2D eigenvalue weighted by atomic mass is 9.99. The minimum Gasteiger partial charge on any atom is -0.295 e. The summed E-state index contributed by atoms with van der Waals surface area (Å²) in [6.45, 7) is 13.7. The molecule has 0 saturated carbocycles. The molecule has 0 bridgehead atoms. The Morgan fingerprint density at radius 3 is 1.86 bits per heavy atom. The van der Waals surface area contributed by atoms with Crippen molar-refractivity contribution in [2.24, 2.45) is 0 Å². The van der Waals surface area contributed by atoms with Gasteiger partial charge < -0.3 is 0 Å². The summed E-state index contributed by atoms with van der Waals surface area (Å²) in [5.41, 5.74) is 4.35. The van der Waals surface area contributed by atoms with Crippen LogP contribution in [-0.4, -0.2) is 5.78 Å². The first-order valence-electron chi connectivity index (χ1n) is 4.61. The molecular weight excluding hydrogens is 172 g/mol. The molecule has 0 heterocycles. The van der Waals surface area contributed by atoms with Crippen molar-refractivity contribution >= 4 is 5.78 Å². The molecule has 0 atom stereocenters. The molecule has 0 aliphatic rings. The molecule has 0 N–H and O–H groups in total. The maximum atomic E-state index is 11.1. The number of rotatable bonds is 1. The first-order chi connectivity index (χ1) is 6.52. The molecule has 0 radical (unpaired) electrons. The zero-order valence-corrected chi connectivity index (χ0v) is 9.48. The number of carbonyl (C=O) groups is 1. The van der Waals surface area contributed by atoms with Crippen LogP contribution in [0.3, 0.4) is 0 Å². The smallest absolute Gasteiger partial charge is 0.160 e. The molecule has 76 valence electrons. The number of aryl methyl sites for hydroxylation is 3. The lowest BCUT2D eigenvalue weighted by Crippen LogP contribution is -1.97. The van der Waals surface area contributed by atoms with Crippen molar-refractivity contribution < 1.29 is 4.79 Å². The van der Waals surface area contributed by atoms with Crippen molar-refractivity contribution in [3.63, 3.8) is 0 Å². The third kappa shape index (κ3) is 2.84. The molecular formula is C13H18O. The lowest BCUT2D eigenvalue weighted by Gasteiger charge is -2.06. The summed E-state index contributed by atoms with van der Waals surface area (Å²) in [5, 5.41) is 0. The molecule has 0 aliphatic carbocycles. The van der Waals surface area contributed by atoms with E-state index in [0.717, 1.165) is 11.1 Å². The monoisotopic (exact) mass is 190 g/mol. The summed E-state index contributed by atoms with van der Waals surface area (Å²) in [5.74, 6) is 0.149. The van der Waals surface area contributed by atoms with E-state index in [1.54, 1.807) is 6.92 Å². The zero-order chi connectivity index (χ0) is 11.3. The van der Waals surface area contributed by atoms with Gasteiger partial charge in [0.2, 0.25) is 0 Å². The van der Waals surface area contributed by atoms with E-state index in [1.165, 1.54) is 11.1 Å². The van der Waals surface area contributed by atoms with Crippen molar-refractivity contribution in [1.82, 2.24) is 0 Å². The molecule has 0 unspecified atom stereocenters. The van der Waals surface area contributed by atoms with Crippen molar-refractivity contribution in [2.75, 3.05) is 0 Å². The normalized spacial score (nSPS) is 8.86. The van der Waals surface area contributed by atoms with E-state index in [0.29, 0.717) is 0 Å². The van der Waals surface area contributed by atoms with Gasteiger partial charge in [0, 0.05) is 5.56 Å². The zero-order valence-electron chi connectivity index (χ0n) is 9.48. The van der Waals surface area contributed by atoms with Crippen LogP contribution < -0.4 is 0 Å². The van der Waals surface area contributed by atoms with E-state index < -0.39 is 0 Å². The summed E-state index contributed by atoms with van der Waals surface area (Å²) in [6.07, 6.45) is 0. The van der Waals surface area contributed by atoms with Gasteiger partial charge in [-0.05, 0) is 50.5 Å². The highest BCUT2D eigenvalue weighted by atomic mass is 16.1. The molecule has 0 spiro atoms. The molecule has 0 fully saturated rings. The van der Waals surface area contributed by atoms with Crippen LogP contribution in [0.5, 0.6) is 0 Å². The quantitative estimate of drug-likeness (QED) is 0.488. The number of Topliss-reactive ketones (excluding diaryl/α,β-unsaturated/α-hetero) is 1. The standard InChI is InChI=1S/C11H14O.C2H4/c1-7-5-9(3)11(10(4)12)6-8(7)2;1-2/h5-6H,1-4H3;1-2H2. The Hall–Kier alpha value is -1.37. The average molecular weight is 190 g/mol. The van der Waals surface area contributed by atoms with E-state index in [2.05, 4.69) is 26.1 Å². The van der Waals surface area contributed by atoms with Gasteiger partial charge in [-0.1, -0.05) is 6.07 Å². The second kappa shape index (κ2) is 5.38. The summed E-state index contributed by atoms with van der Waals surface area (Å²) in [6, 6.07) is 4.03. The van der Waals surface area contributed by atoms with E-state index in [4.69, 9.17) is 0 Å². The Labute approximate surface area is 86.5 Å². The summed E-state index contributed by atoms with van der Waals surface area (Å²) < 4.78 is 0. The Morgan fingerprint density at radius 1 is 1.00 bits per heavy atom. The first-order valence-corrected chi connectivity index (χ1v) is 4.61. The van der Waals surface area contributed by atoms with Gasteiger partial charge >= 0.3 is 0 Å². The molecule has 1 rings (SSSR count). The molecule has 1 aromatic rings. The topological polar surface area (TPSA) is 17.1 Å². The Balaban J connectivity index is 0.000000791. The lowest BCUT2D eigenvalue weighted by molar-refractivity contribution is 0.101. The second-order valence-corrected chi connectivity index (χ2v) is 3.31. The molecule has 14 heavy (non-hydrogen) atoms. The van der Waals surface area contributed by atoms with Crippen LogP contribution in [0.1, 0.15) is 34.0 Å². The van der Waals surface area contributed by atoms with Crippen molar-refractivity contribution in [3.05, 3.63) is 47.5 Å². The number of benzene rings is 1. The van der Waals surface area contributed by atoms with E-state index >= 15 is 0 Å². The Kier molecular flexibility index (Phi) is 4.85. The van der Waals surface area contributed by atoms with Gasteiger partial charge in [0.1, 0.15) is 0 Å². The Bertz CT molecular complexity index is 337. The van der Waals surface area contributed by atoms with Gasteiger partial charge in [-0.3, -0.25) is 4.79 Å². The highest BCUT2D eigenvalue weighted by Gasteiger charge is 2.04. The van der Waals surface area contributed by atoms with Crippen LogP contribution >= 0.6 is 0 Å². The fourth-order valence-electron chi connectivity index (χ4n) is 1.34. The molecule has 0 saturated heterocycles. The summed E-state index contributed by atoms with van der Waals surface area (Å²) in [4.78, 5) is 11.1. The number of carbonyl (C=O) groups excluding carboxylic acids is 1. The summed E-state index contributed by atoms with van der Waals surface area (Å²) in [7, 11) is 0. The number of ketones is 1. The fraction of sp³-hybridized carbons (Fsp3) is 0.308. The minimum atomic E-state index is 0.149. The average Bonchev–Trinajstić information content (AvgIpc) is 2.14. The second-order valence-electron chi connectivity index (χ2n) is 3.31. The number of hydrogen-bond acceptors (Lipinski definition) is 1. The maximum Gasteiger partial charge on any atom is 0.160 e. The minimum absolute atomic E-state index is 0.149. The highest BCUT2D eigenvalue weighted by Crippen LogP contribution is 2.15. The third-order valence-electron chi connectivity index (χ3n) is 2.22. The van der Waals surface area contributed by atoms with Crippen LogP contribution in [0, 0.1) is 20.8 Å². The third-order valence-corrected chi connectivity index (χ3v) is 2.22. The molecule has 1 heteroatoms. The number of hydrogen-bond donors (Lipinski definition) is 0. The van der Waals surface area contributed by atoms with Gasteiger partial charge in [0.05, 0.1) is 0 Å². The van der Waals surface area contributed by atoms with Crippen molar-refractivity contribution in [1.29, 1.82) is 0 Å². The first kappa shape index (κ1) is 12.6. The molecule has 1 nitrogen and oxygen atoms in total. The Morgan fingerprint density at radius 2 is 1.43 bits per heavy atom. The SMILES string of the molecule is C=C.CC(=O)c1cc(C)c(C)cc1C. The molecule has 0 aromatic heterocycles.